The molecule has 4 atom stereocenters. The molecule has 0 amide bonds. The number of aliphatic carboxylic acids is 1. The Hall–Kier alpha value is -1.28. The first kappa shape index (κ1) is 14.7. The fourth-order valence-corrected chi connectivity index (χ4v) is 0.973. The van der Waals surface area contributed by atoms with Gasteiger partial charge >= 0.3 is 5.97 Å². The van der Waals surface area contributed by atoms with Gasteiger partial charge in [-0.05, 0) is 0 Å². The van der Waals surface area contributed by atoms with Crippen LogP contribution in [0.4, 0.5) is 0 Å². The van der Waals surface area contributed by atoms with Crippen molar-refractivity contribution in [1.29, 1.82) is 0 Å². The van der Waals surface area contributed by atoms with Gasteiger partial charge in [0.25, 0.3) is 0 Å². The second-order valence-corrected chi connectivity index (χ2v) is 3.17. The van der Waals surface area contributed by atoms with Crippen LogP contribution in [-0.4, -0.2) is 61.7 Å². The molecule has 0 saturated carbocycles. The molecule has 0 aliphatic heterocycles. The van der Waals surface area contributed by atoms with Gasteiger partial charge in [-0.2, -0.15) is 0 Å². The second-order valence-electron chi connectivity index (χ2n) is 3.17. The lowest BCUT2D eigenvalue weighted by Crippen LogP contribution is -2.49. The summed E-state index contributed by atoms with van der Waals surface area (Å²) >= 11 is 0. The number of carboxylic acids is 1. The summed E-state index contributed by atoms with van der Waals surface area (Å²) in [6.07, 6.45) is -7.53. The predicted molar refractivity (Wildman–Crippen MR) is 51.5 cm³/mol. The van der Waals surface area contributed by atoms with E-state index in [0.29, 0.717) is 0 Å². The smallest absolute Gasteiger partial charge is 0.335 e. The molecule has 0 spiro atoms. The average Bonchev–Trinajstić information content (AvgIpc) is 2.25. The van der Waals surface area contributed by atoms with Gasteiger partial charge in [0, 0.05) is 6.42 Å². The van der Waals surface area contributed by atoms with Crippen LogP contribution >= 0.6 is 0 Å². The molecule has 0 heterocycles. The maximum atomic E-state index is 11.1. The molecule has 92 valence electrons. The molecule has 0 radical (unpaired) electrons. The number of hydrogen-bond donors (Lipinski definition) is 5. The zero-order valence-corrected chi connectivity index (χ0v) is 8.35. The van der Waals surface area contributed by atoms with Gasteiger partial charge in [0.2, 0.25) is 0 Å². The van der Waals surface area contributed by atoms with Crippen LogP contribution in [-0.2, 0) is 9.59 Å². The fourth-order valence-electron chi connectivity index (χ4n) is 0.973. The molecule has 0 fully saturated rings. The van der Waals surface area contributed by atoms with Gasteiger partial charge < -0.3 is 25.5 Å². The van der Waals surface area contributed by atoms with Crippen LogP contribution in [0.15, 0.2) is 12.7 Å². The molecule has 7 nitrogen and oxygen atoms in total. The second kappa shape index (κ2) is 6.33. The van der Waals surface area contributed by atoms with Gasteiger partial charge in [-0.3, -0.25) is 4.79 Å². The number of rotatable bonds is 7. The maximum absolute atomic E-state index is 11.1. The Bertz CT molecular complexity index is 275. The van der Waals surface area contributed by atoms with E-state index in [1.807, 2.05) is 0 Å². The van der Waals surface area contributed by atoms with Crippen molar-refractivity contribution in [1.82, 2.24) is 0 Å². The van der Waals surface area contributed by atoms with Gasteiger partial charge in [-0.25, -0.2) is 4.79 Å². The van der Waals surface area contributed by atoms with Gasteiger partial charge in [0.1, 0.15) is 18.3 Å². The summed E-state index contributed by atoms with van der Waals surface area (Å²) in [7, 11) is 0. The molecule has 0 aromatic rings. The number of ketones is 1. The van der Waals surface area contributed by atoms with E-state index in [4.69, 9.17) is 15.3 Å². The molecule has 0 saturated heterocycles. The van der Waals surface area contributed by atoms with Crippen LogP contribution in [0.25, 0.3) is 0 Å². The van der Waals surface area contributed by atoms with E-state index in [9.17, 15) is 19.8 Å². The summed E-state index contributed by atoms with van der Waals surface area (Å²) in [5, 5.41) is 44.8. The molecular formula is C9H14O7. The highest BCUT2D eigenvalue weighted by Gasteiger charge is 2.36. The van der Waals surface area contributed by atoms with Crippen LogP contribution in [0, 0.1) is 0 Å². The van der Waals surface area contributed by atoms with Crippen LogP contribution in [0.1, 0.15) is 6.42 Å². The van der Waals surface area contributed by atoms with E-state index >= 15 is 0 Å². The van der Waals surface area contributed by atoms with Gasteiger partial charge in [-0.1, -0.05) is 6.08 Å². The average molecular weight is 234 g/mol. The molecule has 0 bridgehead atoms. The standard InChI is InChI=1S/C9H14O7/c1-2-3-4(10)5(11)6(12)7(13)8(14)9(15)16/h2,5-8,11-14H,1,3H2,(H,15,16)/t5-,6+,7-,8-/m0/s1. The van der Waals surface area contributed by atoms with Gasteiger partial charge in [0.05, 0.1) is 0 Å². The molecule has 7 heteroatoms. The first-order chi connectivity index (χ1) is 7.32. The number of carbonyl (C=O) groups is 2. The van der Waals surface area contributed by atoms with Crippen molar-refractivity contribution in [3.63, 3.8) is 0 Å². The highest BCUT2D eigenvalue weighted by molar-refractivity contribution is 5.84. The lowest BCUT2D eigenvalue weighted by Gasteiger charge is -2.23. The predicted octanol–water partition coefficient (Wildman–Crippen LogP) is -2.34. The highest BCUT2D eigenvalue weighted by Crippen LogP contribution is 2.08. The number of hydrogen-bond acceptors (Lipinski definition) is 6. The van der Waals surface area contributed by atoms with Crippen LogP contribution in [0.3, 0.4) is 0 Å². The third-order valence-electron chi connectivity index (χ3n) is 1.93. The van der Waals surface area contributed by atoms with Crippen molar-refractivity contribution in [3.8, 4) is 0 Å². The molecule has 0 aliphatic carbocycles. The van der Waals surface area contributed by atoms with Gasteiger partial charge in [-0.15, -0.1) is 6.58 Å². The number of Topliss-reactive ketones (excluding diaryl/α,β-unsaturated/α-hetero) is 1. The summed E-state index contributed by atoms with van der Waals surface area (Å²) in [5.41, 5.74) is 0. The third-order valence-corrected chi connectivity index (χ3v) is 1.93. The number of carbonyl (C=O) groups excluding carboxylic acids is 1. The zero-order valence-electron chi connectivity index (χ0n) is 8.35. The van der Waals surface area contributed by atoms with Crippen molar-refractivity contribution >= 4 is 11.8 Å². The largest absolute Gasteiger partial charge is 0.479 e. The zero-order chi connectivity index (χ0) is 12.9. The van der Waals surface area contributed by atoms with E-state index in [0.717, 1.165) is 0 Å². The SMILES string of the molecule is C=CCC(=O)[C@H](O)[C@@H](O)[C@H](O)[C@H](O)C(=O)O. The number of carboxylic acid groups (broad SMARTS) is 1. The Morgan fingerprint density at radius 3 is 1.88 bits per heavy atom. The summed E-state index contributed by atoms with van der Waals surface area (Å²) in [6, 6.07) is 0. The Morgan fingerprint density at radius 1 is 1.06 bits per heavy atom. The third kappa shape index (κ3) is 3.70. The van der Waals surface area contributed by atoms with Gasteiger partial charge in [0.15, 0.2) is 11.9 Å². The highest BCUT2D eigenvalue weighted by atomic mass is 16.4. The summed E-state index contributed by atoms with van der Waals surface area (Å²) in [4.78, 5) is 21.3. The summed E-state index contributed by atoms with van der Waals surface area (Å²) < 4.78 is 0. The first-order valence-corrected chi connectivity index (χ1v) is 4.41. The van der Waals surface area contributed by atoms with Crippen molar-refractivity contribution in [3.05, 3.63) is 12.7 Å². The first-order valence-electron chi connectivity index (χ1n) is 4.41. The minimum absolute atomic E-state index is 0.242. The molecule has 16 heavy (non-hydrogen) atoms. The van der Waals surface area contributed by atoms with E-state index in [2.05, 4.69) is 6.58 Å². The Balaban J connectivity index is 4.53. The van der Waals surface area contributed by atoms with Crippen molar-refractivity contribution in [2.45, 2.75) is 30.8 Å². The van der Waals surface area contributed by atoms with Crippen LogP contribution in [0.5, 0.6) is 0 Å². The monoisotopic (exact) mass is 234 g/mol. The normalized spacial score (nSPS) is 18.2. The Kier molecular flexibility index (Phi) is 5.83. The molecule has 0 aromatic heterocycles. The topological polar surface area (TPSA) is 135 Å². The van der Waals surface area contributed by atoms with E-state index in [-0.39, 0.29) is 6.42 Å². The Morgan fingerprint density at radius 2 is 1.50 bits per heavy atom. The lowest BCUT2D eigenvalue weighted by molar-refractivity contribution is -0.165. The van der Waals surface area contributed by atoms with Crippen molar-refractivity contribution < 1.29 is 35.1 Å². The van der Waals surface area contributed by atoms with E-state index in [1.165, 1.54) is 6.08 Å². The quantitative estimate of drug-likeness (QED) is 0.311. The van der Waals surface area contributed by atoms with E-state index in [1.54, 1.807) is 0 Å². The molecule has 5 N–H and O–H groups in total. The van der Waals surface area contributed by atoms with Crippen molar-refractivity contribution in [2.75, 3.05) is 0 Å². The molecule has 0 aliphatic rings. The lowest BCUT2D eigenvalue weighted by atomic mass is 9.99. The van der Waals surface area contributed by atoms with Crippen LogP contribution < -0.4 is 0 Å². The molecular weight excluding hydrogens is 220 g/mol. The number of aliphatic hydroxyl groups is 4. The summed E-state index contributed by atoms with van der Waals surface area (Å²) in [5.74, 6) is -2.60. The minimum Gasteiger partial charge on any atom is -0.479 e. The number of aliphatic hydroxyl groups excluding tert-OH is 4. The molecule has 0 unspecified atom stereocenters. The van der Waals surface area contributed by atoms with Crippen molar-refractivity contribution in [2.24, 2.45) is 0 Å². The molecule has 0 rings (SSSR count). The minimum atomic E-state index is -2.28. The Labute approximate surface area is 91.3 Å². The molecule has 0 aromatic carbocycles. The fraction of sp³-hybridized carbons (Fsp3) is 0.556. The van der Waals surface area contributed by atoms with E-state index < -0.39 is 36.2 Å². The maximum Gasteiger partial charge on any atom is 0.335 e. The number of allylic oxidation sites excluding steroid dienone is 1. The van der Waals surface area contributed by atoms with Crippen LogP contribution in [0.2, 0.25) is 0 Å². The summed E-state index contributed by atoms with van der Waals surface area (Å²) in [6.45, 7) is 3.23.